The average molecular weight is 299 g/mol. The van der Waals surface area contributed by atoms with E-state index in [1.165, 1.54) is 16.2 Å². The van der Waals surface area contributed by atoms with Crippen LogP contribution in [0, 0.1) is 11.3 Å². The number of aromatic nitrogens is 1. The van der Waals surface area contributed by atoms with Crippen molar-refractivity contribution in [3.63, 3.8) is 0 Å². The van der Waals surface area contributed by atoms with Gasteiger partial charge in [0.2, 0.25) is 0 Å². The number of nitrogens with zero attached hydrogens (tertiary/aromatic N) is 2. The lowest BCUT2D eigenvalue weighted by atomic mass is 10.1. The van der Waals surface area contributed by atoms with E-state index in [9.17, 15) is 5.26 Å². The summed E-state index contributed by atoms with van der Waals surface area (Å²) in [5, 5.41) is 9.40. The van der Waals surface area contributed by atoms with Crippen LogP contribution >= 0.6 is 23.1 Å². The maximum atomic E-state index is 9.40. The van der Waals surface area contributed by atoms with Gasteiger partial charge in [-0.1, -0.05) is 6.07 Å². The minimum Gasteiger partial charge on any atom is -0.396 e. The molecular weight excluding hydrogens is 286 g/mol. The molecule has 0 bridgehead atoms. The minimum absolute atomic E-state index is 0.504. The van der Waals surface area contributed by atoms with Gasteiger partial charge in [-0.25, -0.2) is 0 Å². The number of aryl methyl sites for hydroxylation is 1. The van der Waals surface area contributed by atoms with Crippen LogP contribution in [0.25, 0.3) is 11.3 Å². The third-order valence-electron chi connectivity index (χ3n) is 3.22. The van der Waals surface area contributed by atoms with E-state index in [-0.39, 0.29) is 0 Å². The fourth-order valence-electron chi connectivity index (χ4n) is 2.19. The van der Waals surface area contributed by atoms with Crippen molar-refractivity contribution < 1.29 is 0 Å². The highest BCUT2D eigenvalue weighted by atomic mass is 32.2. The Hall–Kier alpha value is -1.77. The molecule has 5 heteroatoms. The number of nitriles is 1. The van der Waals surface area contributed by atoms with Crippen LogP contribution in [0.5, 0.6) is 0 Å². The Labute approximate surface area is 126 Å². The zero-order valence-electron chi connectivity index (χ0n) is 10.8. The maximum Gasteiger partial charge on any atom is 0.102 e. The van der Waals surface area contributed by atoms with E-state index >= 15 is 0 Å². The molecule has 1 aliphatic rings. The summed E-state index contributed by atoms with van der Waals surface area (Å²) in [4.78, 5) is 6.46. The third-order valence-corrected chi connectivity index (χ3v) is 5.50. The van der Waals surface area contributed by atoms with Gasteiger partial charge in [0.1, 0.15) is 6.07 Å². The first kappa shape index (κ1) is 13.2. The zero-order valence-corrected chi connectivity index (χ0v) is 12.4. The molecule has 0 aromatic carbocycles. The van der Waals surface area contributed by atoms with Gasteiger partial charge in [-0.3, -0.25) is 4.98 Å². The molecule has 3 rings (SSSR count). The number of thiophene rings is 1. The molecule has 20 heavy (non-hydrogen) atoms. The molecule has 0 amide bonds. The first-order valence-corrected chi connectivity index (χ1v) is 8.26. The van der Waals surface area contributed by atoms with Gasteiger partial charge in [0.25, 0.3) is 0 Å². The fourth-order valence-corrected chi connectivity index (χ4v) is 4.53. The number of fused-ring (bicyclic) bond motifs is 1. The first-order chi connectivity index (χ1) is 9.79. The molecule has 0 saturated heterocycles. The van der Waals surface area contributed by atoms with Gasteiger partial charge in [-0.2, -0.15) is 17.0 Å². The Balaban J connectivity index is 2.05. The van der Waals surface area contributed by atoms with E-state index in [0.29, 0.717) is 11.3 Å². The van der Waals surface area contributed by atoms with Crippen molar-refractivity contribution in [2.75, 3.05) is 5.75 Å². The largest absolute Gasteiger partial charge is 0.396 e. The Kier molecular flexibility index (Phi) is 3.77. The molecule has 0 aliphatic carbocycles. The first-order valence-electron chi connectivity index (χ1n) is 6.29. The topological polar surface area (TPSA) is 62.7 Å². The molecule has 0 saturated carbocycles. The molecule has 2 aromatic rings. The number of hydrogen-bond donors (Lipinski definition) is 1. The molecule has 0 atom stereocenters. The second-order valence-corrected chi connectivity index (χ2v) is 6.75. The Morgan fingerprint density at radius 2 is 2.35 bits per heavy atom. The fraction of sp³-hybridized carbons (Fsp3) is 0.200. The normalized spacial score (nSPS) is 15.2. The monoisotopic (exact) mass is 299 g/mol. The van der Waals surface area contributed by atoms with Crippen molar-refractivity contribution in [3.05, 3.63) is 51.5 Å². The predicted octanol–water partition coefficient (Wildman–Crippen LogP) is 3.28. The van der Waals surface area contributed by atoms with Crippen molar-refractivity contribution in [2.45, 2.75) is 12.2 Å². The highest BCUT2D eigenvalue weighted by Gasteiger charge is 2.17. The summed E-state index contributed by atoms with van der Waals surface area (Å²) in [6, 6.07) is 8.03. The number of rotatable bonds is 2. The highest BCUT2D eigenvalue weighted by molar-refractivity contribution is 7.98. The highest BCUT2D eigenvalue weighted by Crippen LogP contribution is 2.35. The van der Waals surface area contributed by atoms with E-state index in [2.05, 4.69) is 17.1 Å². The summed E-state index contributed by atoms with van der Waals surface area (Å²) in [7, 11) is 0. The van der Waals surface area contributed by atoms with E-state index in [0.717, 1.165) is 22.6 Å². The van der Waals surface area contributed by atoms with Crippen molar-refractivity contribution >= 4 is 34.4 Å². The summed E-state index contributed by atoms with van der Waals surface area (Å²) in [5.74, 6) is 2.22. The molecule has 2 aromatic heterocycles. The third kappa shape index (κ3) is 2.45. The van der Waals surface area contributed by atoms with E-state index < -0.39 is 0 Å². The van der Waals surface area contributed by atoms with Gasteiger partial charge in [-0.15, -0.1) is 11.3 Å². The van der Waals surface area contributed by atoms with Gasteiger partial charge in [0, 0.05) is 28.6 Å². The molecule has 3 nitrogen and oxygen atoms in total. The smallest absolute Gasteiger partial charge is 0.102 e. The average Bonchev–Trinajstić information content (AvgIpc) is 2.93. The molecular formula is C15H13N3S2. The molecule has 0 fully saturated rings. The van der Waals surface area contributed by atoms with Crippen LogP contribution in [0.15, 0.2) is 30.6 Å². The van der Waals surface area contributed by atoms with Gasteiger partial charge in [-0.05, 0) is 29.9 Å². The standard InChI is InChI=1S/C15H13N3S2/c16-7-12(10-2-1-4-18-8-10)15(17)14-6-11-9-19-5-3-13(11)20-14/h1-2,4,6,8H,3,5,9,17H2/b15-12-. The lowest BCUT2D eigenvalue weighted by Crippen LogP contribution is -1.99. The van der Waals surface area contributed by atoms with E-state index in [1.807, 2.05) is 23.9 Å². The quantitative estimate of drug-likeness (QED) is 0.864. The van der Waals surface area contributed by atoms with Gasteiger partial charge >= 0.3 is 0 Å². The number of allylic oxidation sites excluding steroid dienone is 1. The van der Waals surface area contributed by atoms with E-state index in [1.54, 1.807) is 23.7 Å². The van der Waals surface area contributed by atoms with Crippen LogP contribution in [-0.2, 0) is 12.2 Å². The summed E-state index contributed by atoms with van der Waals surface area (Å²) in [5.41, 5.74) is 9.43. The van der Waals surface area contributed by atoms with Crippen molar-refractivity contribution in [3.8, 4) is 6.07 Å². The number of pyridine rings is 1. The Bertz CT molecular complexity index is 672. The van der Waals surface area contributed by atoms with Crippen LogP contribution in [-0.4, -0.2) is 10.7 Å². The maximum absolute atomic E-state index is 9.40. The lowest BCUT2D eigenvalue weighted by molar-refractivity contribution is 1.13. The number of hydrogen-bond acceptors (Lipinski definition) is 5. The predicted molar refractivity (Wildman–Crippen MR) is 85.0 cm³/mol. The van der Waals surface area contributed by atoms with Gasteiger partial charge in [0.15, 0.2) is 0 Å². The molecule has 1 aliphatic heterocycles. The van der Waals surface area contributed by atoms with Crippen LogP contribution in [0.4, 0.5) is 0 Å². The van der Waals surface area contributed by atoms with Crippen LogP contribution in [0.3, 0.4) is 0 Å². The molecule has 0 radical (unpaired) electrons. The molecule has 0 spiro atoms. The number of nitrogens with two attached hydrogens (primary N) is 1. The Morgan fingerprint density at radius 3 is 3.05 bits per heavy atom. The summed E-state index contributed by atoms with van der Waals surface area (Å²) < 4.78 is 0. The molecule has 3 heterocycles. The van der Waals surface area contributed by atoms with Gasteiger partial charge in [0.05, 0.1) is 16.1 Å². The second kappa shape index (κ2) is 5.70. The van der Waals surface area contributed by atoms with Crippen molar-refractivity contribution in [2.24, 2.45) is 5.73 Å². The summed E-state index contributed by atoms with van der Waals surface area (Å²) in [6.07, 6.45) is 4.47. The van der Waals surface area contributed by atoms with E-state index in [4.69, 9.17) is 5.73 Å². The van der Waals surface area contributed by atoms with Crippen molar-refractivity contribution in [1.29, 1.82) is 5.26 Å². The summed E-state index contributed by atoms with van der Waals surface area (Å²) in [6.45, 7) is 0. The number of thioether (sulfide) groups is 1. The molecule has 2 N–H and O–H groups in total. The summed E-state index contributed by atoms with van der Waals surface area (Å²) >= 11 is 3.66. The second-order valence-electron chi connectivity index (χ2n) is 4.50. The molecule has 100 valence electrons. The zero-order chi connectivity index (χ0) is 13.9. The SMILES string of the molecule is N#C/C(=C(/N)c1cc2c(s1)CCSC2)c1cccnc1. The van der Waals surface area contributed by atoms with Crippen LogP contribution in [0.2, 0.25) is 0 Å². The Morgan fingerprint density at radius 1 is 1.45 bits per heavy atom. The van der Waals surface area contributed by atoms with Crippen LogP contribution < -0.4 is 5.73 Å². The minimum atomic E-state index is 0.504. The van der Waals surface area contributed by atoms with Crippen molar-refractivity contribution in [1.82, 2.24) is 4.98 Å². The molecule has 0 unspecified atom stereocenters. The lowest BCUT2D eigenvalue weighted by Gasteiger charge is -2.08. The van der Waals surface area contributed by atoms with Gasteiger partial charge < -0.3 is 5.73 Å². The van der Waals surface area contributed by atoms with Crippen LogP contribution in [0.1, 0.15) is 20.9 Å².